The summed E-state index contributed by atoms with van der Waals surface area (Å²) in [6.07, 6.45) is -5.21. The van der Waals surface area contributed by atoms with Gasteiger partial charge in [0.2, 0.25) is 0 Å². The molecule has 0 aliphatic heterocycles. The Morgan fingerprint density at radius 3 is 1.69 bits per heavy atom. The molecule has 0 spiro atoms. The van der Waals surface area contributed by atoms with Crippen molar-refractivity contribution in [3.05, 3.63) is 23.8 Å². The van der Waals surface area contributed by atoms with Crippen LogP contribution in [0.5, 0.6) is 11.5 Å². The maximum absolute atomic E-state index is 12.3. The van der Waals surface area contributed by atoms with Crippen LogP contribution in [-0.4, -0.2) is 59.6 Å². The Morgan fingerprint density at radius 1 is 0.778 bits per heavy atom. The number of ether oxygens (including phenoxy) is 6. The van der Waals surface area contributed by atoms with Gasteiger partial charge in [0, 0.05) is 12.5 Å². The molecule has 0 saturated carbocycles. The molecular formula is C24H35NO11. The van der Waals surface area contributed by atoms with Crippen LogP contribution in [0.3, 0.4) is 0 Å². The molecule has 0 amide bonds. The fourth-order valence-corrected chi connectivity index (χ4v) is 2.85. The largest absolute Gasteiger partial charge is 0.514 e. The van der Waals surface area contributed by atoms with Gasteiger partial charge in [-0.25, -0.2) is 19.2 Å². The quantitative estimate of drug-likeness (QED) is 0.186. The molecule has 0 heterocycles. The van der Waals surface area contributed by atoms with Gasteiger partial charge in [-0.1, -0.05) is 6.07 Å². The smallest absolute Gasteiger partial charge is 0.477 e. The molecule has 0 fully saturated rings. The summed E-state index contributed by atoms with van der Waals surface area (Å²) in [4.78, 5) is 48.6. The van der Waals surface area contributed by atoms with Gasteiger partial charge in [-0.15, -0.1) is 0 Å². The Labute approximate surface area is 210 Å². The van der Waals surface area contributed by atoms with E-state index in [9.17, 15) is 24.3 Å². The van der Waals surface area contributed by atoms with E-state index in [1.54, 1.807) is 55.4 Å². The molecule has 0 bridgehead atoms. The SMILES string of the molecule is CC(C)N[C@@](Cc1ccc(OC(=O)OC(C)C)c(OC(=O)OC(C)C)c1)(OC(=O)OC(C)C)C(=O)O. The van der Waals surface area contributed by atoms with Crippen LogP contribution in [0.2, 0.25) is 0 Å². The summed E-state index contributed by atoms with van der Waals surface area (Å²) in [5, 5.41) is 12.7. The van der Waals surface area contributed by atoms with E-state index in [2.05, 4.69) is 5.32 Å². The Bertz CT molecular complexity index is 927. The molecule has 1 aromatic carbocycles. The third-order valence-electron chi connectivity index (χ3n) is 3.97. The fourth-order valence-electron chi connectivity index (χ4n) is 2.85. The highest BCUT2D eigenvalue weighted by Gasteiger charge is 2.44. The monoisotopic (exact) mass is 513 g/mol. The van der Waals surface area contributed by atoms with E-state index in [1.165, 1.54) is 18.2 Å². The van der Waals surface area contributed by atoms with Crippen molar-refractivity contribution in [1.82, 2.24) is 5.32 Å². The average Bonchev–Trinajstić information content (AvgIpc) is 2.67. The van der Waals surface area contributed by atoms with Crippen molar-refractivity contribution in [2.24, 2.45) is 0 Å². The van der Waals surface area contributed by atoms with Gasteiger partial charge in [0.15, 0.2) is 11.5 Å². The molecule has 0 saturated heterocycles. The van der Waals surface area contributed by atoms with E-state index in [-0.39, 0.29) is 17.1 Å². The number of benzene rings is 1. The fraction of sp³-hybridized carbons (Fsp3) is 0.583. The highest BCUT2D eigenvalue weighted by atomic mass is 16.8. The molecule has 1 rings (SSSR count). The zero-order chi connectivity index (χ0) is 27.6. The highest BCUT2D eigenvalue weighted by molar-refractivity contribution is 5.80. The summed E-state index contributed by atoms with van der Waals surface area (Å²) in [5.74, 6) is -1.91. The Hall–Kier alpha value is -3.54. The maximum Gasteiger partial charge on any atom is 0.514 e. The van der Waals surface area contributed by atoms with Crippen molar-refractivity contribution in [2.45, 2.75) is 91.9 Å². The molecule has 2 N–H and O–H groups in total. The van der Waals surface area contributed by atoms with Crippen molar-refractivity contribution in [1.29, 1.82) is 0 Å². The minimum absolute atomic E-state index is 0.178. The molecule has 12 heteroatoms. The first-order valence-corrected chi connectivity index (χ1v) is 11.4. The second kappa shape index (κ2) is 13.5. The molecule has 0 aliphatic rings. The molecule has 0 unspecified atom stereocenters. The summed E-state index contributed by atoms with van der Waals surface area (Å²) in [7, 11) is 0. The third kappa shape index (κ3) is 10.4. The van der Waals surface area contributed by atoms with Gasteiger partial charge in [0.1, 0.15) is 0 Å². The van der Waals surface area contributed by atoms with Crippen LogP contribution in [0.4, 0.5) is 14.4 Å². The Balaban J connectivity index is 3.41. The molecule has 0 aromatic heterocycles. The van der Waals surface area contributed by atoms with Crippen LogP contribution in [0.25, 0.3) is 0 Å². The predicted molar refractivity (Wildman–Crippen MR) is 126 cm³/mol. The summed E-state index contributed by atoms with van der Waals surface area (Å²) < 4.78 is 30.4. The van der Waals surface area contributed by atoms with Gasteiger partial charge in [-0.3, -0.25) is 5.32 Å². The molecule has 202 valence electrons. The number of carboxylic acids is 1. The van der Waals surface area contributed by atoms with E-state index < -0.39 is 60.9 Å². The van der Waals surface area contributed by atoms with Crippen LogP contribution < -0.4 is 14.8 Å². The first-order valence-electron chi connectivity index (χ1n) is 11.4. The van der Waals surface area contributed by atoms with E-state index in [0.717, 1.165) is 0 Å². The molecule has 1 atom stereocenters. The van der Waals surface area contributed by atoms with Gasteiger partial charge in [0.05, 0.1) is 18.3 Å². The Kier molecular flexibility index (Phi) is 11.5. The molecule has 0 aliphatic carbocycles. The Morgan fingerprint density at radius 2 is 1.25 bits per heavy atom. The highest BCUT2D eigenvalue weighted by Crippen LogP contribution is 2.31. The standard InChI is InChI=1S/C24H35NO11/c1-13(2)25-24(20(26)27,36-23(30)33-16(7)8)12-17-9-10-18(34-21(28)31-14(3)4)19(11-17)35-22(29)32-15(5)6/h9-11,13-16,25H,12H2,1-8H3,(H,26,27)/t24-/m0/s1. The zero-order valence-corrected chi connectivity index (χ0v) is 21.8. The summed E-state index contributed by atoms with van der Waals surface area (Å²) in [5.41, 5.74) is -1.98. The van der Waals surface area contributed by atoms with Gasteiger partial charge < -0.3 is 33.5 Å². The number of carbonyl (C=O) groups excluding carboxylic acids is 3. The van der Waals surface area contributed by atoms with Crippen LogP contribution >= 0.6 is 0 Å². The van der Waals surface area contributed by atoms with Crippen LogP contribution in [-0.2, 0) is 30.2 Å². The van der Waals surface area contributed by atoms with Crippen LogP contribution in [0.1, 0.15) is 61.0 Å². The zero-order valence-electron chi connectivity index (χ0n) is 21.8. The minimum atomic E-state index is -2.23. The number of nitrogens with one attached hydrogen (secondary N) is 1. The van der Waals surface area contributed by atoms with Gasteiger partial charge in [-0.05, 0) is 73.1 Å². The van der Waals surface area contributed by atoms with Gasteiger partial charge >= 0.3 is 24.4 Å². The minimum Gasteiger partial charge on any atom is -0.477 e. The number of carboxylic acid groups (broad SMARTS) is 1. The lowest BCUT2D eigenvalue weighted by Crippen LogP contribution is -2.59. The molecular weight excluding hydrogens is 478 g/mol. The number of rotatable bonds is 11. The predicted octanol–water partition coefficient (Wildman–Crippen LogP) is 4.42. The van der Waals surface area contributed by atoms with Crippen LogP contribution in [0.15, 0.2) is 18.2 Å². The lowest BCUT2D eigenvalue weighted by atomic mass is 10.0. The van der Waals surface area contributed by atoms with Crippen molar-refractivity contribution >= 4 is 24.4 Å². The summed E-state index contributed by atoms with van der Waals surface area (Å²) in [6, 6.07) is 3.54. The van der Waals surface area contributed by atoms with Crippen molar-refractivity contribution < 1.29 is 52.7 Å². The number of hydrogen-bond acceptors (Lipinski definition) is 11. The second-order valence-corrected chi connectivity index (χ2v) is 8.95. The summed E-state index contributed by atoms with van der Waals surface area (Å²) in [6.45, 7) is 13.0. The molecule has 12 nitrogen and oxygen atoms in total. The second-order valence-electron chi connectivity index (χ2n) is 8.95. The first-order chi connectivity index (χ1) is 16.6. The first kappa shape index (κ1) is 30.5. The maximum atomic E-state index is 12.3. The van der Waals surface area contributed by atoms with Crippen LogP contribution in [0, 0.1) is 0 Å². The van der Waals surface area contributed by atoms with Gasteiger partial charge in [-0.2, -0.15) is 0 Å². The number of carbonyl (C=O) groups is 4. The number of hydrogen-bond donors (Lipinski definition) is 2. The van der Waals surface area contributed by atoms with E-state index in [4.69, 9.17) is 28.4 Å². The van der Waals surface area contributed by atoms with Crippen molar-refractivity contribution in [3.8, 4) is 11.5 Å². The normalized spacial score (nSPS) is 12.8. The molecule has 36 heavy (non-hydrogen) atoms. The molecule has 0 radical (unpaired) electrons. The third-order valence-corrected chi connectivity index (χ3v) is 3.97. The summed E-state index contributed by atoms with van der Waals surface area (Å²) >= 11 is 0. The molecule has 1 aromatic rings. The van der Waals surface area contributed by atoms with E-state index >= 15 is 0 Å². The van der Waals surface area contributed by atoms with Gasteiger partial charge in [0.25, 0.3) is 5.72 Å². The van der Waals surface area contributed by atoms with E-state index in [0.29, 0.717) is 0 Å². The van der Waals surface area contributed by atoms with Crippen molar-refractivity contribution in [3.63, 3.8) is 0 Å². The lowest BCUT2D eigenvalue weighted by molar-refractivity contribution is -0.167. The number of aliphatic carboxylic acids is 1. The topological polar surface area (TPSA) is 156 Å². The lowest BCUT2D eigenvalue weighted by Gasteiger charge is -2.32. The van der Waals surface area contributed by atoms with E-state index in [1.807, 2.05) is 0 Å². The average molecular weight is 514 g/mol. The van der Waals surface area contributed by atoms with Crippen molar-refractivity contribution in [2.75, 3.05) is 0 Å².